The molecule has 8 nitrogen and oxygen atoms in total. The van der Waals surface area contributed by atoms with Crippen molar-refractivity contribution in [2.24, 2.45) is 5.73 Å². The molecule has 290 valence electrons. The molecule has 50 heavy (non-hydrogen) atoms. The van der Waals surface area contributed by atoms with Crippen molar-refractivity contribution >= 4 is 13.7 Å². The zero-order chi connectivity index (χ0) is 36.8. The van der Waals surface area contributed by atoms with Crippen molar-refractivity contribution in [3.8, 4) is 0 Å². The van der Waals surface area contributed by atoms with Gasteiger partial charge >= 0.3 is 7.82 Å². The Labute approximate surface area is 306 Å². The smallest absolute Gasteiger partial charge is 0.387 e. The van der Waals surface area contributed by atoms with E-state index >= 15 is 0 Å². The second-order valence-electron chi connectivity index (χ2n) is 13.1. The average Bonchev–Trinajstić information content (AvgIpc) is 3.10. The Balaban J connectivity index is 4.38. The summed E-state index contributed by atoms with van der Waals surface area (Å²) in [4.78, 5) is 22.6. The summed E-state index contributed by atoms with van der Waals surface area (Å²) in [6, 6.07) is -0.893. The first-order valence-corrected chi connectivity index (χ1v) is 21.4. The third kappa shape index (κ3) is 34.6. The number of carbonyl (C=O) groups is 1. The number of phosphoric acid groups is 1. The predicted molar refractivity (Wildman–Crippen MR) is 212 cm³/mol. The minimum atomic E-state index is -4.35. The van der Waals surface area contributed by atoms with E-state index in [-0.39, 0.29) is 25.7 Å². The normalized spacial score (nSPS) is 14.9. The maximum atomic E-state index is 12.7. The molecule has 0 rings (SSSR count). The predicted octanol–water partition coefficient (Wildman–Crippen LogP) is 10.7. The first kappa shape index (κ1) is 48.2. The lowest BCUT2D eigenvalue weighted by Crippen LogP contribution is -2.45. The molecule has 3 atom stereocenters. The molecule has 3 unspecified atom stereocenters. The molecule has 9 heteroatoms. The molecule has 0 heterocycles. The fourth-order valence-corrected chi connectivity index (χ4v) is 6.10. The lowest BCUT2D eigenvalue weighted by Gasteiger charge is -2.23. The van der Waals surface area contributed by atoms with Gasteiger partial charge in [0.25, 0.3) is 0 Å². The molecule has 5 N–H and O–H groups in total. The van der Waals surface area contributed by atoms with Crippen LogP contribution in [-0.2, 0) is 18.4 Å². The van der Waals surface area contributed by atoms with Crippen molar-refractivity contribution in [2.45, 2.75) is 174 Å². The summed E-state index contributed by atoms with van der Waals surface area (Å²) in [6.45, 7) is 3.95. The Morgan fingerprint density at radius 1 is 0.680 bits per heavy atom. The molecular formula is C41H75N2O6P. The molecule has 0 bridgehead atoms. The van der Waals surface area contributed by atoms with E-state index in [1.165, 1.54) is 77.0 Å². The van der Waals surface area contributed by atoms with Crippen molar-refractivity contribution < 1.29 is 28.4 Å². The number of unbranched alkanes of at least 4 members (excludes halogenated alkanes) is 16. The Bertz CT molecular complexity index is 965. The second-order valence-corrected chi connectivity index (χ2v) is 14.6. The SMILES string of the molecule is CC/C=C\C/C=C\C/C=C\CCCCCC(=O)NC(COP(=O)(O)OCCN)C(O)/C=C/CC/C=C/CCCCCCCCCCCCCC. The Morgan fingerprint density at radius 2 is 1.18 bits per heavy atom. The van der Waals surface area contributed by atoms with Crippen LogP contribution in [-0.4, -0.2) is 47.8 Å². The molecule has 1 amide bonds. The summed E-state index contributed by atoms with van der Waals surface area (Å²) in [6.07, 6.45) is 45.6. The van der Waals surface area contributed by atoms with E-state index in [1.807, 2.05) is 6.08 Å². The molecule has 0 spiro atoms. The van der Waals surface area contributed by atoms with Gasteiger partial charge in [-0.15, -0.1) is 0 Å². The Kier molecular flexibility index (Phi) is 35.6. The molecule has 0 fully saturated rings. The van der Waals surface area contributed by atoms with Crippen LogP contribution in [0.5, 0.6) is 0 Å². The highest BCUT2D eigenvalue weighted by molar-refractivity contribution is 7.47. The van der Waals surface area contributed by atoms with Gasteiger partial charge < -0.3 is 21.1 Å². The second kappa shape index (κ2) is 37.0. The quantitative estimate of drug-likeness (QED) is 0.0288. The highest BCUT2D eigenvalue weighted by atomic mass is 31.2. The first-order valence-electron chi connectivity index (χ1n) is 19.9. The van der Waals surface area contributed by atoms with Crippen LogP contribution < -0.4 is 11.1 Å². The van der Waals surface area contributed by atoms with Gasteiger partial charge in [0.15, 0.2) is 0 Å². The monoisotopic (exact) mass is 723 g/mol. The highest BCUT2D eigenvalue weighted by Crippen LogP contribution is 2.43. The fourth-order valence-electron chi connectivity index (χ4n) is 5.34. The average molecular weight is 723 g/mol. The highest BCUT2D eigenvalue weighted by Gasteiger charge is 2.26. The minimum Gasteiger partial charge on any atom is -0.387 e. The number of allylic oxidation sites excluding steroid dienone is 9. The number of carbonyl (C=O) groups excluding carboxylic acids is 1. The van der Waals surface area contributed by atoms with Crippen molar-refractivity contribution in [2.75, 3.05) is 19.8 Å². The summed E-state index contributed by atoms with van der Waals surface area (Å²) < 4.78 is 22.0. The van der Waals surface area contributed by atoms with Crippen LogP contribution in [0.3, 0.4) is 0 Å². The zero-order valence-electron chi connectivity index (χ0n) is 31.9. The molecular weight excluding hydrogens is 647 g/mol. The van der Waals surface area contributed by atoms with Gasteiger partial charge in [0, 0.05) is 13.0 Å². The lowest BCUT2D eigenvalue weighted by molar-refractivity contribution is -0.123. The Morgan fingerprint density at radius 3 is 1.78 bits per heavy atom. The lowest BCUT2D eigenvalue weighted by atomic mass is 10.0. The number of nitrogens with one attached hydrogen (secondary N) is 1. The van der Waals surface area contributed by atoms with Crippen LogP contribution in [0.25, 0.3) is 0 Å². The number of hydrogen-bond donors (Lipinski definition) is 4. The molecule has 0 saturated carbocycles. The van der Waals surface area contributed by atoms with Crippen LogP contribution in [0.1, 0.15) is 162 Å². The third-order valence-electron chi connectivity index (χ3n) is 8.33. The number of aliphatic hydroxyl groups excluding tert-OH is 1. The topological polar surface area (TPSA) is 131 Å². The molecule has 0 aliphatic rings. The van der Waals surface area contributed by atoms with E-state index in [2.05, 4.69) is 67.8 Å². The van der Waals surface area contributed by atoms with Gasteiger partial charge in [-0.1, -0.05) is 152 Å². The number of amides is 1. The van der Waals surface area contributed by atoms with Crippen LogP contribution in [0.15, 0.2) is 60.8 Å². The molecule has 0 aromatic carbocycles. The maximum Gasteiger partial charge on any atom is 0.472 e. The summed E-state index contributed by atoms with van der Waals surface area (Å²) in [7, 11) is -4.35. The summed E-state index contributed by atoms with van der Waals surface area (Å²) in [5.74, 6) is -0.236. The zero-order valence-corrected chi connectivity index (χ0v) is 32.8. The van der Waals surface area contributed by atoms with Crippen LogP contribution in [0, 0.1) is 0 Å². The van der Waals surface area contributed by atoms with Crippen LogP contribution >= 0.6 is 7.82 Å². The van der Waals surface area contributed by atoms with Gasteiger partial charge in [0.05, 0.1) is 25.4 Å². The van der Waals surface area contributed by atoms with Crippen molar-refractivity contribution in [3.63, 3.8) is 0 Å². The number of phosphoric ester groups is 1. The molecule has 0 radical (unpaired) electrons. The number of rotatable bonds is 36. The molecule has 0 saturated heterocycles. The van der Waals surface area contributed by atoms with E-state index in [4.69, 9.17) is 14.8 Å². The molecule has 0 aliphatic heterocycles. The van der Waals surface area contributed by atoms with Crippen molar-refractivity contribution in [1.29, 1.82) is 0 Å². The van der Waals surface area contributed by atoms with Gasteiger partial charge in [0.1, 0.15) is 0 Å². The molecule has 0 aromatic rings. The first-order chi connectivity index (χ1) is 24.4. The summed E-state index contributed by atoms with van der Waals surface area (Å²) in [5.41, 5.74) is 5.35. The Hall–Kier alpha value is -1.80. The standard InChI is InChI=1S/C41H75N2O6P/c1-3-5-7-9-11-13-15-17-18-19-20-21-23-24-26-28-30-32-34-40(44)39(38-49-50(46,47)48-37-36-42)43-41(45)35-33-31-29-27-25-22-16-14-12-10-8-6-4-2/h6,8,12,14,22,24-26,32,34,39-40,44H,3-5,7,9-11,13,15-21,23,27-31,33,35-38,42H2,1-2H3,(H,43,45)(H,46,47)/b8-6-,14-12-,25-22-,26-24+,34-32+. The summed E-state index contributed by atoms with van der Waals surface area (Å²) in [5, 5.41) is 13.6. The fraction of sp³-hybridized carbons (Fsp3) is 0.732. The largest absolute Gasteiger partial charge is 0.472 e. The molecule has 0 aromatic heterocycles. The van der Waals surface area contributed by atoms with Gasteiger partial charge in [0.2, 0.25) is 5.91 Å². The van der Waals surface area contributed by atoms with Crippen LogP contribution in [0.2, 0.25) is 0 Å². The van der Waals surface area contributed by atoms with Gasteiger partial charge in [-0.25, -0.2) is 4.57 Å². The van der Waals surface area contributed by atoms with Gasteiger partial charge in [-0.3, -0.25) is 13.8 Å². The van der Waals surface area contributed by atoms with Gasteiger partial charge in [-0.05, 0) is 64.2 Å². The third-order valence-corrected chi connectivity index (χ3v) is 9.31. The van der Waals surface area contributed by atoms with Crippen molar-refractivity contribution in [1.82, 2.24) is 5.32 Å². The van der Waals surface area contributed by atoms with E-state index in [0.29, 0.717) is 12.8 Å². The van der Waals surface area contributed by atoms with Gasteiger partial charge in [-0.2, -0.15) is 0 Å². The number of aliphatic hydroxyl groups is 1. The van der Waals surface area contributed by atoms with E-state index in [9.17, 15) is 19.4 Å². The minimum absolute atomic E-state index is 0.0665. The van der Waals surface area contributed by atoms with E-state index in [1.54, 1.807) is 6.08 Å². The van der Waals surface area contributed by atoms with E-state index < -0.39 is 20.0 Å². The summed E-state index contributed by atoms with van der Waals surface area (Å²) >= 11 is 0. The van der Waals surface area contributed by atoms with E-state index in [0.717, 1.165) is 57.8 Å². The van der Waals surface area contributed by atoms with Crippen LogP contribution in [0.4, 0.5) is 0 Å². The molecule has 0 aliphatic carbocycles. The van der Waals surface area contributed by atoms with Crippen molar-refractivity contribution in [3.05, 3.63) is 60.8 Å². The number of hydrogen-bond acceptors (Lipinski definition) is 6. The maximum absolute atomic E-state index is 12.7. The number of nitrogens with two attached hydrogens (primary N) is 1.